The summed E-state index contributed by atoms with van der Waals surface area (Å²) in [5.74, 6) is -2.71. The number of hydrogen-bond donors (Lipinski definition) is 0. The zero-order chi connectivity index (χ0) is 44.7. The standard InChI is InChI=1S/3C18H36O2.3Zn/c3*1-2-3-4-5-6-7-8-9-10-11-12-13-14-15-16-17-18(19)20;;;/h3*2-17H2,1H3,(H,19,20);;;/q;;;3*+2/p-3. The number of carbonyl (C=O) groups is 3. The Morgan fingerprint density at radius 2 is 0.302 bits per heavy atom. The van der Waals surface area contributed by atoms with Crippen LogP contribution in [0, 0.1) is 0 Å². The van der Waals surface area contributed by atoms with Crippen LogP contribution in [-0.2, 0) is 72.8 Å². The molecule has 0 N–H and O–H groups in total. The fraction of sp³-hybridized carbons (Fsp3) is 0.944. The van der Waals surface area contributed by atoms with Crippen LogP contribution in [0.3, 0.4) is 0 Å². The van der Waals surface area contributed by atoms with Gasteiger partial charge in [0.1, 0.15) is 0 Å². The quantitative estimate of drug-likeness (QED) is 0.0442. The Morgan fingerprint density at radius 3 is 0.397 bits per heavy atom. The van der Waals surface area contributed by atoms with E-state index in [-0.39, 0.29) is 77.7 Å². The molecule has 0 aliphatic rings. The summed E-state index contributed by atoms with van der Waals surface area (Å²) in [6.45, 7) is 6.80. The third-order valence-electron chi connectivity index (χ3n) is 12.0. The molecule has 0 aromatic rings. The first-order valence-electron chi connectivity index (χ1n) is 26.9. The number of unbranched alkanes of at least 4 members (excludes halogenated alkanes) is 42. The topological polar surface area (TPSA) is 120 Å². The van der Waals surface area contributed by atoms with E-state index < -0.39 is 17.9 Å². The van der Waals surface area contributed by atoms with Crippen LogP contribution in [-0.4, -0.2) is 17.9 Å². The third-order valence-corrected chi connectivity index (χ3v) is 12.0. The van der Waals surface area contributed by atoms with Crippen molar-refractivity contribution >= 4 is 17.9 Å². The second-order valence-corrected chi connectivity index (χ2v) is 18.2. The zero-order valence-corrected chi connectivity index (χ0v) is 51.9. The monoisotopic (exact) mass is 1040 g/mol. The molecular weight excluding hydrogens is 941 g/mol. The number of carbonyl (C=O) groups excluding carboxylic acids is 3. The van der Waals surface area contributed by atoms with Gasteiger partial charge in [-0.1, -0.05) is 290 Å². The van der Waals surface area contributed by atoms with Gasteiger partial charge >= 0.3 is 58.4 Å². The Hall–Kier alpha value is 0.280. The van der Waals surface area contributed by atoms with Crippen molar-refractivity contribution in [2.24, 2.45) is 0 Å². The summed E-state index contributed by atoms with van der Waals surface area (Å²) >= 11 is 0. The van der Waals surface area contributed by atoms with Crippen LogP contribution >= 0.6 is 0 Å². The summed E-state index contributed by atoms with van der Waals surface area (Å²) in [6, 6.07) is 0. The van der Waals surface area contributed by atoms with Crippen LogP contribution in [0.4, 0.5) is 0 Å². The van der Waals surface area contributed by atoms with Crippen LogP contribution < -0.4 is 15.3 Å². The predicted octanol–water partition coefficient (Wildman–Crippen LogP) is 15.0. The number of hydrogen-bond acceptors (Lipinski definition) is 6. The SMILES string of the molecule is CCCCCCCCCCCCCCCCCC(=O)[O-].CCCCCCCCCCCCCCCCCC(=O)[O-].CCCCCCCCCCCCCCCCCC(=O)[O-].[Zn+2].[Zn+2].[Zn+2]. The van der Waals surface area contributed by atoms with Crippen LogP contribution in [0.5, 0.6) is 0 Å². The van der Waals surface area contributed by atoms with E-state index in [0.29, 0.717) is 0 Å². The van der Waals surface area contributed by atoms with Gasteiger partial charge in [-0.15, -0.1) is 0 Å². The Bertz CT molecular complexity index is 727. The van der Waals surface area contributed by atoms with E-state index >= 15 is 0 Å². The molecule has 0 saturated carbocycles. The molecular formula is C54H105O6Zn3+3. The molecule has 0 unspecified atom stereocenters. The van der Waals surface area contributed by atoms with Gasteiger partial charge in [0, 0.05) is 17.9 Å². The molecule has 0 aliphatic carbocycles. The number of carboxylic acids is 3. The first kappa shape index (κ1) is 74.8. The number of aliphatic carboxylic acids is 3. The Balaban J connectivity index is -0.000000189. The smallest absolute Gasteiger partial charge is 0.550 e. The molecule has 63 heavy (non-hydrogen) atoms. The molecule has 0 radical (unpaired) electrons. The minimum absolute atomic E-state index is 0. The molecule has 9 heteroatoms. The van der Waals surface area contributed by atoms with Crippen LogP contribution in [0.15, 0.2) is 0 Å². The van der Waals surface area contributed by atoms with Crippen molar-refractivity contribution < 1.29 is 88.1 Å². The molecule has 0 aliphatic heterocycles. The molecule has 0 amide bonds. The fourth-order valence-corrected chi connectivity index (χ4v) is 7.92. The Kier molecular flexibility index (Phi) is 84.6. The minimum Gasteiger partial charge on any atom is -0.550 e. The van der Waals surface area contributed by atoms with E-state index in [9.17, 15) is 29.7 Å². The maximum Gasteiger partial charge on any atom is 2.00 e. The average Bonchev–Trinajstić information content (AvgIpc) is 3.22. The van der Waals surface area contributed by atoms with Crippen LogP contribution in [0.2, 0.25) is 0 Å². The van der Waals surface area contributed by atoms with E-state index in [0.717, 1.165) is 38.5 Å². The molecule has 0 aromatic heterocycles. The van der Waals surface area contributed by atoms with Crippen molar-refractivity contribution in [2.75, 3.05) is 0 Å². The molecule has 0 spiro atoms. The summed E-state index contributed by atoms with van der Waals surface area (Å²) in [4.78, 5) is 30.7. The summed E-state index contributed by atoms with van der Waals surface area (Å²) in [6.07, 6.45) is 59.6. The fourth-order valence-electron chi connectivity index (χ4n) is 7.92. The second kappa shape index (κ2) is 71.3. The van der Waals surface area contributed by atoms with Crippen molar-refractivity contribution in [2.45, 2.75) is 329 Å². The van der Waals surface area contributed by atoms with E-state index in [2.05, 4.69) is 20.8 Å². The van der Waals surface area contributed by atoms with Gasteiger partial charge in [0.25, 0.3) is 0 Å². The van der Waals surface area contributed by atoms with Crippen molar-refractivity contribution in [3.63, 3.8) is 0 Å². The Labute approximate surface area is 432 Å². The second-order valence-electron chi connectivity index (χ2n) is 18.2. The molecule has 0 saturated heterocycles. The van der Waals surface area contributed by atoms with E-state index in [1.165, 1.54) is 250 Å². The molecule has 0 bridgehead atoms. The molecule has 0 fully saturated rings. The molecule has 0 rings (SSSR count). The van der Waals surface area contributed by atoms with Gasteiger partial charge < -0.3 is 29.7 Å². The van der Waals surface area contributed by atoms with E-state index in [1.807, 2.05) is 0 Å². The Morgan fingerprint density at radius 1 is 0.206 bits per heavy atom. The molecule has 0 heterocycles. The average molecular weight is 1050 g/mol. The van der Waals surface area contributed by atoms with Gasteiger partial charge in [-0.25, -0.2) is 0 Å². The number of rotatable bonds is 48. The van der Waals surface area contributed by atoms with Crippen molar-refractivity contribution in [1.82, 2.24) is 0 Å². The van der Waals surface area contributed by atoms with Crippen molar-refractivity contribution in [3.8, 4) is 0 Å². The van der Waals surface area contributed by atoms with E-state index in [4.69, 9.17) is 0 Å². The van der Waals surface area contributed by atoms with Gasteiger partial charge in [0.2, 0.25) is 0 Å². The first-order valence-corrected chi connectivity index (χ1v) is 26.9. The molecule has 0 aromatic carbocycles. The molecule has 0 atom stereocenters. The largest absolute Gasteiger partial charge is 2.00 e. The molecule has 360 valence electrons. The minimum atomic E-state index is -0.903. The van der Waals surface area contributed by atoms with Gasteiger partial charge in [0.05, 0.1) is 0 Å². The summed E-state index contributed by atoms with van der Waals surface area (Å²) in [5.41, 5.74) is 0. The van der Waals surface area contributed by atoms with Crippen molar-refractivity contribution in [3.05, 3.63) is 0 Å². The first-order chi connectivity index (χ1) is 29.3. The summed E-state index contributed by atoms with van der Waals surface area (Å²) < 4.78 is 0. The predicted molar refractivity (Wildman–Crippen MR) is 254 cm³/mol. The third kappa shape index (κ3) is 86.1. The van der Waals surface area contributed by atoms with Crippen LogP contribution in [0.1, 0.15) is 329 Å². The summed E-state index contributed by atoms with van der Waals surface area (Å²) in [5, 5.41) is 30.7. The van der Waals surface area contributed by atoms with E-state index in [1.54, 1.807) is 0 Å². The normalized spacial score (nSPS) is 10.3. The summed E-state index contributed by atoms with van der Waals surface area (Å²) in [7, 11) is 0. The van der Waals surface area contributed by atoms with Gasteiger partial charge in [-0.05, 0) is 38.5 Å². The maximum absolute atomic E-state index is 10.2. The van der Waals surface area contributed by atoms with Gasteiger partial charge in [-0.3, -0.25) is 0 Å². The van der Waals surface area contributed by atoms with Gasteiger partial charge in [-0.2, -0.15) is 0 Å². The van der Waals surface area contributed by atoms with Gasteiger partial charge in [0.15, 0.2) is 0 Å². The maximum atomic E-state index is 10.2. The number of carboxylic acid groups (broad SMARTS) is 3. The molecule has 6 nitrogen and oxygen atoms in total. The zero-order valence-electron chi connectivity index (χ0n) is 43.0. The van der Waals surface area contributed by atoms with Crippen LogP contribution in [0.25, 0.3) is 0 Å². The van der Waals surface area contributed by atoms with Crippen molar-refractivity contribution in [1.29, 1.82) is 0 Å².